The van der Waals surface area contributed by atoms with Crippen molar-refractivity contribution in [2.24, 2.45) is 5.92 Å². The molecular formula is C11H17ClN4O3. The first-order chi connectivity index (χ1) is 8.95. The molecular weight excluding hydrogens is 272 g/mol. The summed E-state index contributed by atoms with van der Waals surface area (Å²) >= 11 is 5.82. The van der Waals surface area contributed by atoms with Crippen LogP contribution in [0.3, 0.4) is 0 Å². The Morgan fingerprint density at radius 3 is 2.68 bits per heavy atom. The predicted octanol–water partition coefficient (Wildman–Crippen LogP) is 2.64. The van der Waals surface area contributed by atoms with Crippen LogP contribution in [0.1, 0.15) is 26.1 Å². The molecule has 0 fully saturated rings. The van der Waals surface area contributed by atoms with E-state index in [0.717, 1.165) is 6.42 Å². The molecule has 0 saturated heterocycles. The number of ether oxygens (including phenoxy) is 1. The van der Waals surface area contributed by atoms with Crippen LogP contribution >= 0.6 is 11.6 Å². The second-order valence-corrected chi connectivity index (χ2v) is 4.79. The van der Waals surface area contributed by atoms with Gasteiger partial charge in [-0.15, -0.1) is 0 Å². The molecule has 0 aromatic carbocycles. The third kappa shape index (κ3) is 4.60. The fourth-order valence-corrected chi connectivity index (χ4v) is 1.68. The van der Waals surface area contributed by atoms with Crippen LogP contribution in [-0.2, 0) is 11.3 Å². The second kappa shape index (κ2) is 7.20. The van der Waals surface area contributed by atoms with Crippen LogP contribution in [0.25, 0.3) is 0 Å². The number of hydrogen-bond acceptors (Lipinski definition) is 6. The molecule has 1 rings (SSSR count). The lowest BCUT2D eigenvalue weighted by Crippen LogP contribution is -2.11. The van der Waals surface area contributed by atoms with Gasteiger partial charge in [0.15, 0.2) is 5.82 Å². The van der Waals surface area contributed by atoms with E-state index in [1.807, 2.05) is 0 Å². The quantitative estimate of drug-likeness (QED) is 0.471. The average molecular weight is 289 g/mol. The second-order valence-electron chi connectivity index (χ2n) is 4.43. The van der Waals surface area contributed by atoms with Crippen LogP contribution in [0.2, 0.25) is 5.15 Å². The lowest BCUT2D eigenvalue weighted by molar-refractivity contribution is -0.384. The van der Waals surface area contributed by atoms with Gasteiger partial charge in [0, 0.05) is 13.7 Å². The van der Waals surface area contributed by atoms with Crippen LogP contribution in [0.15, 0.2) is 0 Å². The van der Waals surface area contributed by atoms with Crippen LogP contribution in [0.5, 0.6) is 0 Å². The summed E-state index contributed by atoms with van der Waals surface area (Å²) in [5.41, 5.74) is -0.301. The smallest absolute Gasteiger partial charge is 0.348 e. The molecule has 0 spiro atoms. The summed E-state index contributed by atoms with van der Waals surface area (Å²) in [5.74, 6) is 0.935. The molecule has 19 heavy (non-hydrogen) atoms. The van der Waals surface area contributed by atoms with E-state index in [1.54, 1.807) is 0 Å². The third-order valence-electron chi connectivity index (χ3n) is 2.36. The number of nitrogens with one attached hydrogen (secondary N) is 1. The van der Waals surface area contributed by atoms with Crippen LogP contribution in [-0.4, -0.2) is 28.5 Å². The molecule has 0 bridgehead atoms. The van der Waals surface area contributed by atoms with Gasteiger partial charge in [0.2, 0.25) is 11.0 Å². The third-order valence-corrected chi connectivity index (χ3v) is 2.62. The minimum Gasteiger partial charge on any atom is -0.377 e. The molecule has 0 unspecified atom stereocenters. The van der Waals surface area contributed by atoms with Crippen LogP contribution in [0.4, 0.5) is 11.5 Å². The summed E-state index contributed by atoms with van der Waals surface area (Å²) in [6.07, 6.45) is 0.873. The lowest BCUT2D eigenvalue weighted by Gasteiger charge is -2.09. The van der Waals surface area contributed by atoms with E-state index in [0.29, 0.717) is 18.3 Å². The normalized spacial score (nSPS) is 10.8. The van der Waals surface area contributed by atoms with Gasteiger partial charge in [0.1, 0.15) is 6.61 Å². The van der Waals surface area contributed by atoms with Crippen molar-refractivity contribution in [3.05, 3.63) is 21.1 Å². The Bertz CT molecular complexity index is 454. The summed E-state index contributed by atoms with van der Waals surface area (Å²) in [7, 11) is 1.49. The molecule has 0 atom stereocenters. The minimum absolute atomic E-state index is 0.137. The maximum absolute atomic E-state index is 11.0. The van der Waals surface area contributed by atoms with E-state index >= 15 is 0 Å². The van der Waals surface area contributed by atoms with Gasteiger partial charge in [-0.25, -0.2) is 9.97 Å². The van der Waals surface area contributed by atoms with Crippen molar-refractivity contribution in [2.45, 2.75) is 26.9 Å². The molecule has 0 radical (unpaired) electrons. The monoisotopic (exact) mass is 288 g/mol. The molecule has 1 aromatic rings. The number of nitro groups is 1. The molecule has 0 saturated carbocycles. The zero-order valence-corrected chi connectivity index (χ0v) is 11.9. The van der Waals surface area contributed by atoms with Crippen LogP contribution in [0, 0.1) is 16.0 Å². The Morgan fingerprint density at radius 1 is 1.47 bits per heavy atom. The van der Waals surface area contributed by atoms with Crippen molar-refractivity contribution in [1.29, 1.82) is 0 Å². The highest BCUT2D eigenvalue weighted by molar-refractivity contribution is 6.31. The van der Waals surface area contributed by atoms with Crippen molar-refractivity contribution in [3.63, 3.8) is 0 Å². The van der Waals surface area contributed by atoms with E-state index < -0.39 is 4.92 Å². The molecule has 0 aliphatic heterocycles. The van der Waals surface area contributed by atoms with Gasteiger partial charge in [0.25, 0.3) is 0 Å². The number of anilines is 1. The lowest BCUT2D eigenvalue weighted by atomic mass is 10.1. The van der Waals surface area contributed by atoms with Gasteiger partial charge < -0.3 is 10.1 Å². The largest absolute Gasteiger partial charge is 0.377 e. The van der Waals surface area contributed by atoms with Gasteiger partial charge in [0.05, 0.1) is 4.92 Å². The Kier molecular flexibility index (Phi) is 5.91. The summed E-state index contributed by atoms with van der Waals surface area (Å²) in [5, 5.41) is 13.7. The molecule has 0 aliphatic rings. The molecule has 1 heterocycles. The van der Waals surface area contributed by atoms with Gasteiger partial charge in [-0.1, -0.05) is 25.4 Å². The molecule has 8 heteroatoms. The van der Waals surface area contributed by atoms with Crippen molar-refractivity contribution < 1.29 is 9.66 Å². The first-order valence-electron chi connectivity index (χ1n) is 5.89. The minimum atomic E-state index is -0.587. The number of methoxy groups -OCH3 is 1. The first-order valence-corrected chi connectivity index (χ1v) is 6.27. The van der Waals surface area contributed by atoms with E-state index in [9.17, 15) is 10.1 Å². The summed E-state index contributed by atoms with van der Waals surface area (Å²) in [6.45, 7) is 4.87. The van der Waals surface area contributed by atoms with Crippen molar-refractivity contribution in [2.75, 3.05) is 19.0 Å². The summed E-state index contributed by atoms with van der Waals surface area (Å²) < 4.78 is 4.90. The van der Waals surface area contributed by atoms with E-state index in [-0.39, 0.29) is 23.3 Å². The Balaban J connectivity index is 2.99. The highest BCUT2D eigenvalue weighted by Crippen LogP contribution is 2.29. The Hall–Kier alpha value is -1.47. The standard InChI is InChI=1S/C11H17ClN4O3/c1-7(2)4-5-13-11-9(16(17)18)10(12)14-8(15-11)6-19-3/h7H,4-6H2,1-3H3,(H,13,14,15). The zero-order valence-electron chi connectivity index (χ0n) is 11.1. The summed E-state index contributed by atoms with van der Waals surface area (Å²) in [4.78, 5) is 18.3. The van der Waals surface area contributed by atoms with Gasteiger partial charge >= 0.3 is 5.69 Å². The maximum Gasteiger partial charge on any atom is 0.348 e. The van der Waals surface area contributed by atoms with Gasteiger partial charge in [-0.3, -0.25) is 10.1 Å². The fourth-order valence-electron chi connectivity index (χ4n) is 1.43. The molecule has 0 amide bonds. The van der Waals surface area contributed by atoms with Gasteiger partial charge in [-0.05, 0) is 12.3 Å². The highest BCUT2D eigenvalue weighted by atomic mass is 35.5. The first kappa shape index (κ1) is 15.6. The van der Waals surface area contributed by atoms with E-state index in [4.69, 9.17) is 16.3 Å². The van der Waals surface area contributed by atoms with Gasteiger partial charge in [-0.2, -0.15) is 0 Å². The summed E-state index contributed by atoms with van der Waals surface area (Å²) in [6, 6.07) is 0. The van der Waals surface area contributed by atoms with E-state index in [2.05, 4.69) is 29.1 Å². The highest BCUT2D eigenvalue weighted by Gasteiger charge is 2.23. The molecule has 7 nitrogen and oxygen atoms in total. The predicted molar refractivity (Wildman–Crippen MR) is 72.4 cm³/mol. The molecule has 0 aliphatic carbocycles. The fraction of sp³-hybridized carbons (Fsp3) is 0.636. The average Bonchev–Trinajstić information content (AvgIpc) is 2.27. The van der Waals surface area contributed by atoms with E-state index in [1.165, 1.54) is 7.11 Å². The van der Waals surface area contributed by atoms with Crippen LogP contribution < -0.4 is 5.32 Å². The number of hydrogen-bond donors (Lipinski definition) is 1. The molecule has 1 N–H and O–H groups in total. The SMILES string of the molecule is COCc1nc(Cl)c([N+](=O)[O-])c(NCCC(C)C)n1. The topological polar surface area (TPSA) is 90.2 Å². The number of nitrogens with zero attached hydrogens (tertiary/aromatic N) is 3. The maximum atomic E-state index is 11.0. The number of halogens is 1. The van der Waals surface area contributed by atoms with Crippen molar-refractivity contribution >= 4 is 23.1 Å². The Morgan fingerprint density at radius 2 is 2.16 bits per heavy atom. The van der Waals surface area contributed by atoms with Crippen molar-refractivity contribution in [3.8, 4) is 0 Å². The molecule has 1 aromatic heterocycles. The zero-order chi connectivity index (χ0) is 14.4. The molecule has 106 valence electrons. The number of aromatic nitrogens is 2. The Labute approximate surface area is 116 Å². The van der Waals surface area contributed by atoms with Crippen molar-refractivity contribution in [1.82, 2.24) is 9.97 Å². The number of rotatable bonds is 7.